The molecule has 1 aliphatic rings. The number of hydrogen-bond acceptors (Lipinski definition) is 0. The normalized spacial score (nSPS) is 25.1. The molecular formula is C19H21F. The van der Waals surface area contributed by atoms with E-state index in [2.05, 4.69) is 12.8 Å². The molecule has 1 aromatic carbocycles. The summed E-state index contributed by atoms with van der Waals surface area (Å²) in [4.78, 5) is 0. The van der Waals surface area contributed by atoms with E-state index in [0.29, 0.717) is 6.42 Å². The van der Waals surface area contributed by atoms with Crippen molar-refractivity contribution in [2.45, 2.75) is 38.8 Å². The van der Waals surface area contributed by atoms with E-state index in [0.717, 1.165) is 30.4 Å². The highest BCUT2D eigenvalue weighted by Gasteiger charge is 2.35. The van der Waals surface area contributed by atoms with E-state index in [1.807, 2.05) is 42.5 Å². The number of terminal acetylenes is 1. The van der Waals surface area contributed by atoms with Gasteiger partial charge in [0, 0.05) is 0 Å². The zero-order valence-electron chi connectivity index (χ0n) is 12.0. The summed E-state index contributed by atoms with van der Waals surface area (Å²) in [6.45, 7) is 2.14. The molecule has 104 valence electrons. The quantitative estimate of drug-likeness (QED) is 0.510. The van der Waals surface area contributed by atoms with Crippen LogP contribution in [0.15, 0.2) is 48.6 Å². The first-order chi connectivity index (χ1) is 9.72. The number of allylic oxidation sites excluding steroid dienone is 4. The maximum absolute atomic E-state index is 14.6. The molecule has 0 aliphatic heterocycles. The summed E-state index contributed by atoms with van der Waals surface area (Å²) in [6, 6.07) is 9.86. The van der Waals surface area contributed by atoms with Gasteiger partial charge in [0.15, 0.2) is 0 Å². The Balaban J connectivity index is 2.17. The molecule has 0 heterocycles. The number of alkyl halides is 1. The summed E-state index contributed by atoms with van der Waals surface area (Å²) >= 11 is 0. The Hall–Kier alpha value is -1.81. The van der Waals surface area contributed by atoms with Crippen LogP contribution >= 0.6 is 0 Å². The van der Waals surface area contributed by atoms with Crippen molar-refractivity contribution in [1.29, 1.82) is 0 Å². The number of benzene rings is 1. The molecule has 2 atom stereocenters. The van der Waals surface area contributed by atoms with Gasteiger partial charge in [0.25, 0.3) is 0 Å². The molecule has 0 saturated carbocycles. The van der Waals surface area contributed by atoms with Crippen LogP contribution in [0.4, 0.5) is 4.39 Å². The highest BCUT2D eigenvalue weighted by molar-refractivity contribution is 5.76. The van der Waals surface area contributed by atoms with Gasteiger partial charge in [-0.25, -0.2) is 4.39 Å². The van der Waals surface area contributed by atoms with Crippen LogP contribution in [0, 0.1) is 17.8 Å². The van der Waals surface area contributed by atoms with Crippen LogP contribution in [0.2, 0.25) is 0 Å². The van der Waals surface area contributed by atoms with Crippen molar-refractivity contribution in [2.75, 3.05) is 0 Å². The maximum atomic E-state index is 14.6. The Kier molecular flexibility index (Phi) is 4.79. The molecule has 0 spiro atoms. The van der Waals surface area contributed by atoms with Crippen LogP contribution in [-0.2, 0) is 0 Å². The number of unbranched alkanes of at least 4 members (excludes halogenated alkanes) is 2. The average molecular weight is 268 g/mol. The third-order valence-corrected chi connectivity index (χ3v) is 3.95. The summed E-state index contributed by atoms with van der Waals surface area (Å²) in [5.41, 5.74) is 1.19. The lowest BCUT2D eigenvalue weighted by molar-refractivity contribution is 0.241. The summed E-state index contributed by atoms with van der Waals surface area (Å²) in [5.74, 6) is 2.69. The van der Waals surface area contributed by atoms with Crippen LogP contribution in [0.3, 0.4) is 0 Å². The van der Waals surface area contributed by atoms with E-state index < -0.39 is 11.6 Å². The molecule has 1 aromatic rings. The number of hydrogen-bond donors (Lipinski definition) is 0. The fraction of sp³-hybridized carbons (Fsp3) is 0.368. The zero-order chi connectivity index (χ0) is 14.4. The van der Waals surface area contributed by atoms with Gasteiger partial charge in [0.2, 0.25) is 0 Å². The molecule has 1 aliphatic carbocycles. The molecule has 0 radical (unpaired) electrons. The lowest BCUT2D eigenvalue weighted by Gasteiger charge is -2.30. The Morgan fingerprint density at radius 2 is 2.00 bits per heavy atom. The Bertz CT molecular complexity index is 533. The molecule has 1 heteroatoms. The summed E-state index contributed by atoms with van der Waals surface area (Å²) in [5, 5.41) is 0. The Morgan fingerprint density at radius 3 is 2.60 bits per heavy atom. The van der Waals surface area contributed by atoms with Crippen molar-refractivity contribution in [1.82, 2.24) is 0 Å². The van der Waals surface area contributed by atoms with Gasteiger partial charge in [-0.1, -0.05) is 74.6 Å². The average Bonchev–Trinajstić information content (AvgIpc) is 2.50. The standard InChI is InChI=1S/C19H21F/c1-3-5-9-13-19(4-2)14-12-17(15-18(19)20)16-10-7-6-8-11-16/h2,6-8,10-12,14-15,18H,3,5,9,13H2,1H3. The van der Waals surface area contributed by atoms with Crippen molar-refractivity contribution >= 4 is 5.57 Å². The predicted molar refractivity (Wildman–Crippen MR) is 83.9 cm³/mol. The first-order valence-corrected chi connectivity index (χ1v) is 7.30. The molecule has 0 N–H and O–H groups in total. The maximum Gasteiger partial charge on any atom is 0.139 e. The molecule has 0 fully saturated rings. The summed E-state index contributed by atoms with van der Waals surface area (Å²) in [7, 11) is 0. The monoisotopic (exact) mass is 268 g/mol. The molecule has 0 aromatic heterocycles. The van der Waals surface area contributed by atoms with Gasteiger partial charge in [-0.05, 0) is 23.6 Å². The lowest BCUT2D eigenvalue weighted by atomic mass is 9.74. The molecule has 0 saturated heterocycles. The second kappa shape index (κ2) is 6.57. The smallest absolute Gasteiger partial charge is 0.139 e. The minimum absolute atomic E-state index is 0.716. The highest BCUT2D eigenvalue weighted by Crippen LogP contribution is 2.39. The largest absolute Gasteiger partial charge is 0.241 e. The van der Waals surface area contributed by atoms with Gasteiger partial charge in [-0.2, -0.15) is 0 Å². The van der Waals surface area contributed by atoms with Gasteiger partial charge >= 0.3 is 0 Å². The number of halogens is 1. The third kappa shape index (κ3) is 3.02. The van der Waals surface area contributed by atoms with E-state index in [-0.39, 0.29) is 0 Å². The molecule has 0 bridgehead atoms. The molecule has 0 nitrogen and oxygen atoms in total. The van der Waals surface area contributed by atoms with Crippen molar-refractivity contribution < 1.29 is 4.39 Å². The molecule has 20 heavy (non-hydrogen) atoms. The minimum atomic E-state index is -1.11. The lowest BCUT2D eigenvalue weighted by Crippen LogP contribution is -2.29. The molecule has 0 amide bonds. The minimum Gasteiger partial charge on any atom is -0.241 e. The molecule has 2 rings (SSSR count). The van der Waals surface area contributed by atoms with E-state index in [1.54, 1.807) is 6.08 Å². The first kappa shape index (κ1) is 14.6. The van der Waals surface area contributed by atoms with Crippen molar-refractivity contribution in [3.8, 4) is 12.3 Å². The van der Waals surface area contributed by atoms with Crippen LogP contribution in [0.1, 0.15) is 38.2 Å². The van der Waals surface area contributed by atoms with Crippen molar-refractivity contribution in [2.24, 2.45) is 5.41 Å². The van der Waals surface area contributed by atoms with E-state index in [4.69, 9.17) is 6.42 Å². The van der Waals surface area contributed by atoms with E-state index in [9.17, 15) is 4.39 Å². The van der Waals surface area contributed by atoms with Gasteiger partial charge < -0.3 is 0 Å². The van der Waals surface area contributed by atoms with E-state index >= 15 is 0 Å². The summed E-state index contributed by atoms with van der Waals surface area (Å²) in [6.07, 6.45) is 13.9. The summed E-state index contributed by atoms with van der Waals surface area (Å²) < 4.78 is 14.6. The van der Waals surface area contributed by atoms with Crippen molar-refractivity contribution in [3.05, 3.63) is 54.1 Å². The Morgan fingerprint density at radius 1 is 1.25 bits per heavy atom. The fourth-order valence-electron chi connectivity index (χ4n) is 2.60. The second-order valence-corrected chi connectivity index (χ2v) is 5.36. The highest BCUT2D eigenvalue weighted by atomic mass is 19.1. The van der Waals surface area contributed by atoms with Crippen LogP contribution in [-0.4, -0.2) is 6.17 Å². The van der Waals surface area contributed by atoms with Crippen LogP contribution in [0.25, 0.3) is 5.57 Å². The van der Waals surface area contributed by atoms with E-state index in [1.165, 1.54) is 0 Å². The number of rotatable bonds is 5. The predicted octanol–water partition coefficient (Wildman–Crippen LogP) is 5.18. The van der Waals surface area contributed by atoms with Gasteiger partial charge in [0.1, 0.15) is 6.17 Å². The third-order valence-electron chi connectivity index (χ3n) is 3.95. The SMILES string of the molecule is C#CC1(CCCCC)C=CC(c2ccccc2)=CC1F. The van der Waals surface area contributed by atoms with Gasteiger partial charge in [-0.3, -0.25) is 0 Å². The topological polar surface area (TPSA) is 0 Å². The fourth-order valence-corrected chi connectivity index (χ4v) is 2.60. The molecule has 2 unspecified atom stereocenters. The first-order valence-electron chi connectivity index (χ1n) is 7.30. The van der Waals surface area contributed by atoms with Gasteiger partial charge in [-0.15, -0.1) is 6.42 Å². The van der Waals surface area contributed by atoms with Crippen LogP contribution in [0.5, 0.6) is 0 Å². The van der Waals surface area contributed by atoms with Gasteiger partial charge in [0.05, 0.1) is 5.41 Å². The van der Waals surface area contributed by atoms with Crippen LogP contribution < -0.4 is 0 Å². The molecular weight excluding hydrogens is 247 g/mol. The zero-order valence-corrected chi connectivity index (χ0v) is 12.0. The Labute approximate surface area is 121 Å². The van der Waals surface area contributed by atoms with Crippen molar-refractivity contribution in [3.63, 3.8) is 0 Å². The second-order valence-electron chi connectivity index (χ2n) is 5.36.